The number of amides is 1. The predicted molar refractivity (Wildman–Crippen MR) is 95.4 cm³/mol. The molecule has 1 aromatic carbocycles. The molecule has 132 valence electrons. The van der Waals surface area contributed by atoms with Gasteiger partial charge in [0.1, 0.15) is 5.82 Å². The minimum absolute atomic E-state index is 0.139. The van der Waals surface area contributed by atoms with E-state index < -0.39 is 0 Å². The van der Waals surface area contributed by atoms with Gasteiger partial charge < -0.3 is 4.90 Å². The lowest BCUT2D eigenvalue weighted by atomic mass is 10.1. The summed E-state index contributed by atoms with van der Waals surface area (Å²) in [5.74, 6) is -0.119. The summed E-state index contributed by atoms with van der Waals surface area (Å²) in [7, 11) is 0. The van der Waals surface area contributed by atoms with Gasteiger partial charge in [-0.2, -0.15) is 0 Å². The molecule has 1 aliphatic heterocycles. The van der Waals surface area contributed by atoms with Crippen LogP contribution in [0.15, 0.2) is 48.8 Å². The zero-order valence-electron chi connectivity index (χ0n) is 14.6. The highest BCUT2D eigenvalue weighted by Gasteiger charge is 2.24. The largest absolute Gasteiger partial charge is 0.337 e. The second kappa shape index (κ2) is 8.21. The molecule has 3 rings (SSSR count). The molecule has 1 atom stereocenters. The molecular weight excluding hydrogens is 317 g/mol. The third-order valence-electron chi connectivity index (χ3n) is 4.76. The zero-order valence-corrected chi connectivity index (χ0v) is 14.6. The van der Waals surface area contributed by atoms with Crippen LogP contribution < -0.4 is 0 Å². The van der Waals surface area contributed by atoms with Gasteiger partial charge in [-0.15, -0.1) is 0 Å². The van der Waals surface area contributed by atoms with Gasteiger partial charge in [-0.1, -0.05) is 18.2 Å². The monoisotopic (exact) mass is 341 g/mol. The first-order chi connectivity index (χ1) is 12.1. The first-order valence-electron chi connectivity index (χ1n) is 8.77. The second-order valence-electron chi connectivity index (χ2n) is 6.65. The average Bonchev–Trinajstić information content (AvgIpc) is 2.78. The molecule has 1 amide bonds. The highest BCUT2D eigenvalue weighted by molar-refractivity contribution is 5.76. The zero-order chi connectivity index (χ0) is 17.6. The van der Waals surface area contributed by atoms with E-state index in [0.717, 1.165) is 25.1 Å². The van der Waals surface area contributed by atoms with Crippen molar-refractivity contribution in [1.29, 1.82) is 0 Å². The molecule has 0 N–H and O–H groups in total. The number of hydrogen-bond acceptors (Lipinski definition) is 3. The maximum atomic E-state index is 13.4. The van der Waals surface area contributed by atoms with Crippen molar-refractivity contribution in [3.63, 3.8) is 0 Å². The molecule has 2 aromatic rings. The quantitative estimate of drug-likeness (QED) is 0.839. The number of benzene rings is 1. The molecule has 4 nitrogen and oxygen atoms in total. The number of pyridine rings is 1. The van der Waals surface area contributed by atoms with E-state index in [1.807, 2.05) is 23.2 Å². The Morgan fingerprint density at radius 3 is 2.76 bits per heavy atom. The van der Waals surface area contributed by atoms with Gasteiger partial charge in [0.2, 0.25) is 5.91 Å². The summed E-state index contributed by atoms with van der Waals surface area (Å²) in [4.78, 5) is 20.8. The van der Waals surface area contributed by atoms with E-state index in [1.165, 1.54) is 17.7 Å². The molecule has 0 bridgehead atoms. The van der Waals surface area contributed by atoms with Crippen LogP contribution in [-0.2, 0) is 17.8 Å². The van der Waals surface area contributed by atoms with E-state index in [-0.39, 0.29) is 11.7 Å². The van der Waals surface area contributed by atoms with Crippen LogP contribution in [0.2, 0.25) is 0 Å². The van der Waals surface area contributed by atoms with Crippen molar-refractivity contribution in [3.05, 3.63) is 65.7 Å². The van der Waals surface area contributed by atoms with Crippen LogP contribution in [-0.4, -0.2) is 46.4 Å². The molecule has 1 fully saturated rings. The van der Waals surface area contributed by atoms with Gasteiger partial charge >= 0.3 is 0 Å². The molecule has 0 spiro atoms. The number of nitrogens with zero attached hydrogens (tertiary/aromatic N) is 3. The number of halogens is 1. The molecule has 25 heavy (non-hydrogen) atoms. The number of carbonyl (C=O) groups excluding carboxylic acids is 1. The number of carbonyl (C=O) groups is 1. The summed E-state index contributed by atoms with van der Waals surface area (Å²) in [6, 6.07) is 10.9. The van der Waals surface area contributed by atoms with Crippen molar-refractivity contribution in [1.82, 2.24) is 14.8 Å². The van der Waals surface area contributed by atoms with Gasteiger partial charge in [0.05, 0.1) is 0 Å². The van der Waals surface area contributed by atoms with Crippen molar-refractivity contribution >= 4 is 5.91 Å². The van der Waals surface area contributed by atoms with E-state index in [2.05, 4.69) is 22.9 Å². The minimum atomic E-state index is -0.258. The second-order valence-corrected chi connectivity index (χ2v) is 6.65. The average molecular weight is 341 g/mol. The van der Waals surface area contributed by atoms with Gasteiger partial charge in [-0.05, 0) is 42.7 Å². The first kappa shape index (κ1) is 17.5. The highest BCUT2D eigenvalue weighted by atomic mass is 19.1. The number of aromatic nitrogens is 1. The number of hydrogen-bond donors (Lipinski definition) is 0. The van der Waals surface area contributed by atoms with Crippen LogP contribution >= 0.6 is 0 Å². The maximum Gasteiger partial charge on any atom is 0.224 e. The summed E-state index contributed by atoms with van der Waals surface area (Å²) in [5, 5.41) is 0. The molecule has 1 unspecified atom stereocenters. The summed E-state index contributed by atoms with van der Waals surface area (Å²) in [6.45, 7) is 4.94. The van der Waals surface area contributed by atoms with Gasteiger partial charge in [0, 0.05) is 51.0 Å². The summed E-state index contributed by atoms with van der Waals surface area (Å²) < 4.78 is 13.4. The third kappa shape index (κ3) is 4.86. The molecule has 0 saturated carbocycles. The Bertz CT molecular complexity index is 707. The Morgan fingerprint density at radius 2 is 2.00 bits per heavy atom. The van der Waals surface area contributed by atoms with Crippen LogP contribution in [0.3, 0.4) is 0 Å². The van der Waals surface area contributed by atoms with Gasteiger partial charge in [-0.3, -0.25) is 14.7 Å². The Kier molecular flexibility index (Phi) is 5.76. The first-order valence-corrected chi connectivity index (χ1v) is 8.77. The normalized spacial score (nSPS) is 17.4. The van der Waals surface area contributed by atoms with Gasteiger partial charge in [-0.25, -0.2) is 4.39 Å². The standard InChI is InChI=1S/C20H24FN3O/c1-16(12-17-5-3-8-22-14-17)23-9-7-20(25)24(11-10-23)15-18-4-2-6-19(21)13-18/h2-6,8,13-14,16H,7,9-12,15H2,1H3. The van der Waals surface area contributed by atoms with E-state index in [9.17, 15) is 9.18 Å². The van der Waals surface area contributed by atoms with Crippen LogP contribution in [0.1, 0.15) is 24.5 Å². The Labute approximate surface area is 148 Å². The van der Waals surface area contributed by atoms with Crippen molar-refractivity contribution < 1.29 is 9.18 Å². The molecule has 0 aliphatic carbocycles. The van der Waals surface area contributed by atoms with Crippen LogP contribution in [0, 0.1) is 5.82 Å². The molecule has 2 heterocycles. The van der Waals surface area contributed by atoms with Crippen LogP contribution in [0.4, 0.5) is 4.39 Å². The lowest BCUT2D eigenvalue weighted by Gasteiger charge is -2.27. The fraction of sp³-hybridized carbons (Fsp3) is 0.400. The summed E-state index contributed by atoms with van der Waals surface area (Å²) in [5.41, 5.74) is 2.05. The molecule has 1 aliphatic rings. The topological polar surface area (TPSA) is 36.4 Å². The fourth-order valence-electron chi connectivity index (χ4n) is 3.34. The number of rotatable bonds is 5. The molecular formula is C20H24FN3O. The SMILES string of the molecule is CC(Cc1cccnc1)N1CCC(=O)N(Cc2cccc(F)c2)CC1. The molecule has 1 saturated heterocycles. The lowest BCUT2D eigenvalue weighted by molar-refractivity contribution is -0.130. The van der Waals surface area contributed by atoms with Crippen molar-refractivity contribution in [2.24, 2.45) is 0 Å². The minimum Gasteiger partial charge on any atom is -0.337 e. The molecule has 1 aromatic heterocycles. The Hall–Kier alpha value is -2.27. The molecule has 5 heteroatoms. The van der Waals surface area contributed by atoms with E-state index in [4.69, 9.17) is 0 Å². The summed E-state index contributed by atoms with van der Waals surface area (Å²) in [6.07, 6.45) is 5.11. The van der Waals surface area contributed by atoms with Gasteiger partial charge in [0.25, 0.3) is 0 Å². The smallest absolute Gasteiger partial charge is 0.224 e. The van der Waals surface area contributed by atoms with E-state index >= 15 is 0 Å². The van der Waals surface area contributed by atoms with Crippen molar-refractivity contribution in [2.75, 3.05) is 19.6 Å². The van der Waals surface area contributed by atoms with E-state index in [1.54, 1.807) is 12.3 Å². The Balaban J connectivity index is 1.59. The van der Waals surface area contributed by atoms with E-state index in [0.29, 0.717) is 25.6 Å². The van der Waals surface area contributed by atoms with Crippen molar-refractivity contribution in [2.45, 2.75) is 32.4 Å². The van der Waals surface area contributed by atoms with Crippen LogP contribution in [0.25, 0.3) is 0 Å². The van der Waals surface area contributed by atoms with Crippen molar-refractivity contribution in [3.8, 4) is 0 Å². The van der Waals surface area contributed by atoms with Crippen LogP contribution in [0.5, 0.6) is 0 Å². The van der Waals surface area contributed by atoms with Gasteiger partial charge in [0.15, 0.2) is 0 Å². The summed E-state index contributed by atoms with van der Waals surface area (Å²) >= 11 is 0. The Morgan fingerprint density at radius 1 is 1.16 bits per heavy atom. The third-order valence-corrected chi connectivity index (χ3v) is 4.76. The predicted octanol–water partition coefficient (Wildman–Crippen LogP) is 2.89. The maximum absolute atomic E-state index is 13.4. The lowest BCUT2D eigenvalue weighted by Crippen LogP contribution is -2.38. The fourth-order valence-corrected chi connectivity index (χ4v) is 3.34. The molecule has 0 radical (unpaired) electrons. The highest BCUT2D eigenvalue weighted by Crippen LogP contribution is 2.15.